The highest BCUT2D eigenvalue weighted by Gasteiger charge is 2.05. The van der Waals surface area contributed by atoms with Gasteiger partial charge in [0.25, 0.3) is 5.91 Å². The summed E-state index contributed by atoms with van der Waals surface area (Å²) in [5, 5.41) is 0. The predicted molar refractivity (Wildman–Crippen MR) is 53.3 cm³/mol. The van der Waals surface area contributed by atoms with Crippen LogP contribution in [-0.2, 0) is 0 Å². The number of nitrogens with one attached hydrogen (secondary N) is 2. The van der Waals surface area contributed by atoms with Crippen molar-refractivity contribution in [3.05, 3.63) is 29.6 Å². The highest BCUT2D eigenvalue weighted by Crippen LogP contribution is 1.99. The van der Waals surface area contributed by atoms with E-state index in [1.54, 1.807) is 12.1 Å². The zero-order valence-electron chi connectivity index (χ0n) is 7.87. The molecule has 0 aliphatic heterocycles. The molecule has 0 saturated heterocycles. The van der Waals surface area contributed by atoms with E-state index in [-0.39, 0.29) is 5.91 Å². The summed E-state index contributed by atoms with van der Waals surface area (Å²) >= 11 is 0. The lowest BCUT2D eigenvalue weighted by Gasteiger charge is -2.03. The number of hydrogen-bond acceptors (Lipinski definition) is 3. The van der Waals surface area contributed by atoms with E-state index in [4.69, 9.17) is 6.42 Å². The monoisotopic (exact) mass is 189 g/mol. The fourth-order valence-electron chi connectivity index (χ4n) is 0.877. The maximum absolute atomic E-state index is 11.4. The second kappa shape index (κ2) is 5.00. The summed E-state index contributed by atoms with van der Waals surface area (Å²) in [6.07, 6.45) is 6.70. The Bertz CT molecular complexity index is 368. The molecule has 0 fully saturated rings. The lowest BCUT2D eigenvalue weighted by molar-refractivity contribution is 0.0929. The molecule has 0 aliphatic carbocycles. The average molecular weight is 189 g/mol. The quantitative estimate of drug-likeness (QED) is 0.531. The molecule has 0 aromatic carbocycles. The van der Waals surface area contributed by atoms with Crippen LogP contribution in [0, 0.1) is 12.3 Å². The van der Waals surface area contributed by atoms with E-state index in [1.165, 1.54) is 6.20 Å². The number of aromatic nitrogens is 1. The van der Waals surface area contributed by atoms with Gasteiger partial charge in [0.05, 0.1) is 0 Å². The lowest BCUT2D eigenvalue weighted by atomic mass is 10.2. The number of amides is 1. The molecule has 0 spiro atoms. The van der Waals surface area contributed by atoms with Gasteiger partial charge in [0.2, 0.25) is 0 Å². The van der Waals surface area contributed by atoms with E-state index in [9.17, 15) is 4.79 Å². The number of carbonyl (C=O) groups excluding carboxylic acids is 1. The van der Waals surface area contributed by atoms with Crippen LogP contribution in [0.15, 0.2) is 18.3 Å². The molecular formula is C10H11N3O. The Morgan fingerprint density at radius 2 is 2.50 bits per heavy atom. The molecule has 14 heavy (non-hydrogen) atoms. The topological polar surface area (TPSA) is 54.0 Å². The molecule has 0 radical (unpaired) electrons. The van der Waals surface area contributed by atoms with E-state index in [0.29, 0.717) is 17.8 Å². The number of pyridine rings is 1. The largest absolute Gasteiger partial charge is 0.286 e. The van der Waals surface area contributed by atoms with Gasteiger partial charge in [-0.3, -0.25) is 15.2 Å². The summed E-state index contributed by atoms with van der Waals surface area (Å²) in [6.45, 7) is 2.53. The summed E-state index contributed by atoms with van der Waals surface area (Å²) in [7, 11) is 0. The summed E-state index contributed by atoms with van der Waals surface area (Å²) in [5.41, 5.74) is 6.12. The van der Waals surface area contributed by atoms with Gasteiger partial charge in [0.1, 0.15) is 5.69 Å². The Labute approximate surface area is 82.7 Å². The average Bonchev–Trinajstić information content (AvgIpc) is 2.26. The standard InChI is InChI=1S/C10H11N3O/c1-3-8-5-6-11-9(7-8)10(14)13-12-4-2/h1,5-7,12H,4H2,2H3,(H,13,14). The van der Waals surface area contributed by atoms with Crippen molar-refractivity contribution in [1.82, 2.24) is 15.8 Å². The Balaban J connectivity index is 2.75. The third-order valence-corrected chi connectivity index (χ3v) is 1.54. The molecule has 0 saturated carbocycles. The predicted octanol–water partition coefficient (Wildman–Crippen LogP) is 0.317. The highest BCUT2D eigenvalue weighted by molar-refractivity contribution is 5.92. The van der Waals surface area contributed by atoms with Crippen molar-refractivity contribution in [1.29, 1.82) is 0 Å². The first-order valence-corrected chi connectivity index (χ1v) is 4.23. The van der Waals surface area contributed by atoms with Gasteiger partial charge in [-0.25, -0.2) is 5.43 Å². The Morgan fingerprint density at radius 1 is 1.71 bits per heavy atom. The van der Waals surface area contributed by atoms with Crippen molar-refractivity contribution < 1.29 is 4.79 Å². The van der Waals surface area contributed by atoms with Crippen molar-refractivity contribution in [2.24, 2.45) is 0 Å². The number of hydrogen-bond donors (Lipinski definition) is 2. The second-order valence-electron chi connectivity index (χ2n) is 2.56. The molecular weight excluding hydrogens is 178 g/mol. The number of rotatable bonds is 3. The van der Waals surface area contributed by atoms with E-state index in [1.807, 2.05) is 6.92 Å². The third-order valence-electron chi connectivity index (χ3n) is 1.54. The van der Waals surface area contributed by atoms with Crippen LogP contribution in [0.4, 0.5) is 0 Å². The van der Waals surface area contributed by atoms with E-state index < -0.39 is 0 Å². The van der Waals surface area contributed by atoms with Gasteiger partial charge < -0.3 is 0 Å². The van der Waals surface area contributed by atoms with Crippen molar-refractivity contribution >= 4 is 5.91 Å². The van der Waals surface area contributed by atoms with Crippen LogP contribution in [0.5, 0.6) is 0 Å². The third kappa shape index (κ3) is 2.57. The highest BCUT2D eigenvalue weighted by atomic mass is 16.2. The molecule has 1 rings (SSSR count). The SMILES string of the molecule is C#Cc1ccnc(C(=O)NNCC)c1. The molecule has 1 amide bonds. The van der Waals surface area contributed by atoms with Gasteiger partial charge >= 0.3 is 0 Å². The van der Waals surface area contributed by atoms with Crippen molar-refractivity contribution in [2.75, 3.05) is 6.54 Å². The van der Waals surface area contributed by atoms with Gasteiger partial charge in [0, 0.05) is 18.3 Å². The first-order valence-electron chi connectivity index (χ1n) is 4.23. The smallest absolute Gasteiger partial charge is 0.283 e. The fraction of sp³-hybridized carbons (Fsp3) is 0.200. The minimum atomic E-state index is -0.288. The lowest BCUT2D eigenvalue weighted by Crippen LogP contribution is -2.37. The van der Waals surface area contributed by atoms with Crippen molar-refractivity contribution in [3.63, 3.8) is 0 Å². The Morgan fingerprint density at radius 3 is 3.14 bits per heavy atom. The normalized spacial score (nSPS) is 9.14. The zero-order chi connectivity index (χ0) is 10.4. The van der Waals surface area contributed by atoms with E-state index in [0.717, 1.165) is 0 Å². The number of terminal acetylenes is 1. The van der Waals surface area contributed by atoms with Crippen molar-refractivity contribution in [2.45, 2.75) is 6.92 Å². The molecule has 1 aromatic rings. The van der Waals surface area contributed by atoms with E-state index >= 15 is 0 Å². The number of nitrogens with zero attached hydrogens (tertiary/aromatic N) is 1. The first-order chi connectivity index (χ1) is 6.77. The number of carbonyl (C=O) groups is 1. The van der Waals surface area contributed by atoms with Crippen LogP contribution < -0.4 is 10.9 Å². The summed E-state index contributed by atoms with van der Waals surface area (Å²) in [5.74, 6) is 2.15. The van der Waals surface area contributed by atoms with Crippen LogP contribution >= 0.6 is 0 Å². The van der Waals surface area contributed by atoms with Gasteiger partial charge in [-0.05, 0) is 12.1 Å². The molecule has 0 aliphatic rings. The Kier molecular flexibility index (Phi) is 3.65. The molecule has 72 valence electrons. The molecule has 1 heterocycles. The molecule has 0 bridgehead atoms. The minimum absolute atomic E-state index is 0.288. The summed E-state index contributed by atoms with van der Waals surface area (Å²) in [4.78, 5) is 15.3. The molecule has 0 unspecified atom stereocenters. The molecule has 1 aromatic heterocycles. The van der Waals surface area contributed by atoms with Crippen LogP contribution in [0.2, 0.25) is 0 Å². The zero-order valence-corrected chi connectivity index (χ0v) is 7.87. The summed E-state index contributed by atoms with van der Waals surface area (Å²) < 4.78 is 0. The second-order valence-corrected chi connectivity index (χ2v) is 2.56. The van der Waals surface area contributed by atoms with Crippen molar-refractivity contribution in [3.8, 4) is 12.3 Å². The molecule has 0 atom stereocenters. The van der Waals surface area contributed by atoms with Gasteiger partial charge in [-0.2, -0.15) is 0 Å². The maximum Gasteiger partial charge on any atom is 0.283 e. The van der Waals surface area contributed by atoms with E-state index in [2.05, 4.69) is 21.8 Å². The molecule has 2 N–H and O–H groups in total. The Hall–Kier alpha value is -1.86. The van der Waals surface area contributed by atoms with Crippen LogP contribution in [-0.4, -0.2) is 17.4 Å². The molecule has 4 heteroatoms. The maximum atomic E-state index is 11.4. The summed E-state index contributed by atoms with van der Waals surface area (Å²) in [6, 6.07) is 3.23. The van der Waals surface area contributed by atoms with Crippen LogP contribution in [0.3, 0.4) is 0 Å². The van der Waals surface area contributed by atoms with Gasteiger partial charge in [0.15, 0.2) is 0 Å². The fourth-order valence-corrected chi connectivity index (χ4v) is 0.877. The van der Waals surface area contributed by atoms with Crippen LogP contribution in [0.25, 0.3) is 0 Å². The minimum Gasteiger partial charge on any atom is -0.286 e. The van der Waals surface area contributed by atoms with Gasteiger partial charge in [-0.15, -0.1) is 6.42 Å². The molecule has 4 nitrogen and oxygen atoms in total. The number of hydrazine groups is 1. The first kappa shape index (κ1) is 10.2. The van der Waals surface area contributed by atoms with Gasteiger partial charge in [-0.1, -0.05) is 12.8 Å². The van der Waals surface area contributed by atoms with Crippen LogP contribution in [0.1, 0.15) is 23.0 Å².